The maximum absolute atomic E-state index is 11.6. The van der Waals surface area contributed by atoms with Crippen LogP contribution in [0.4, 0.5) is 0 Å². The van der Waals surface area contributed by atoms with E-state index in [1.54, 1.807) is 6.08 Å². The fraction of sp³-hybridized carbons (Fsp3) is 0.438. The highest BCUT2D eigenvalue weighted by Crippen LogP contribution is 2.26. The Hall–Kier alpha value is -1.81. The molecule has 0 aliphatic heterocycles. The molecule has 0 spiro atoms. The van der Waals surface area contributed by atoms with E-state index in [9.17, 15) is 4.79 Å². The highest BCUT2D eigenvalue weighted by molar-refractivity contribution is 5.91. The SMILES string of the molecule is CCOc1ccc(C=CC(=O)NCC2CC(O)C2)cc1. The molecular weight excluding hydrogens is 254 g/mol. The number of benzene rings is 1. The Balaban J connectivity index is 1.75. The van der Waals surface area contributed by atoms with Gasteiger partial charge in [-0.25, -0.2) is 0 Å². The molecule has 1 aliphatic rings. The van der Waals surface area contributed by atoms with Crippen LogP contribution < -0.4 is 10.1 Å². The second-order valence-corrected chi connectivity index (χ2v) is 5.07. The lowest BCUT2D eigenvalue weighted by atomic mass is 9.82. The van der Waals surface area contributed by atoms with Gasteiger partial charge in [0.25, 0.3) is 0 Å². The third kappa shape index (κ3) is 4.38. The summed E-state index contributed by atoms with van der Waals surface area (Å²) >= 11 is 0. The average Bonchev–Trinajstić information content (AvgIpc) is 2.42. The summed E-state index contributed by atoms with van der Waals surface area (Å²) < 4.78 is 5.35. The van der Waals surface area contributed by atoms with Gasteiger partial charge in [0.15, 0.2) is 0 Å². The molecule has 108 valence electrons. The maximum atomic E-state index is 11.6. The van der Waals surface area contributed by atoms with Crippen LogP contribution in [0.1, 0.15) is 25.3 Å². The minimum Gasteiger partial charge on any atom is -0.494 e. The van der Waals surface area contributed by atoms with Crippen LogP contribution in [0.3, 0.4) is 0 Å². The van der Waals surface area contributed by atoms with Gasteiger partial charge in [0, 0.05) is 12.6 Å². The van der Waals surface area contributed by atoms with Gasteiger partial charge >= 0.3 is 0 Å². The second kappa shape index (κ2) is 7.10. The van der Waals surface area contributed by atoms with Crippen LogP contribution in [-0.2, 0) is 4.79 Å². The van der Waals surface area contributed by atoms with Crippen molar-refractivity contribution >= 4 is 12.0 Å². The van der Waals surface area contributed by atoms with Crippen molar-refractivity contribution in [1.29, 1.82) is 0 Å². The molecule has 4 heteroatoms. The van der Waals surface area contributed by atoms with Crippen LogP contribution in [0.25, 0.3) is 6.08 Å². The van der Waals surface area contributed by atoms with Crippen LogP contribution in [0.15, 0.2) is 30.3 Å². The summed E-state index contributed by atoms with van der Waals surface area (Å²) in [6.45, 7) is 3.23. The lowest BCUT2D eigenvalue weighted by molar-refractivity contribution is -0.117. The molecule has 0 bridgehead atoms. The zero-order valence-electron chi connectivity index (χ0n) is 11.7. The number of hydrogen-bond acceptors (Lipinski definition) is 3. The Bertz CT molecular complexity index is 461. The van der Waals surface area contributed by atoms with E-state index in [1.807, 2.05) is 31.2 Å². The number of ether oxygens (including phenoxy) is 1. The van der Waals surface area contributed by atoms with Gasteiger partial charge in [-0.05, 0) is 49.5 Å². The predicted octanol–water partition coefficient (Wildman–Crippen LogP) is 1.99. The smallest absolute Gasteiger partial charge is 0.244 e. The first kappa shape index (κ1) is 14.6. The molecule has 1 saturated carbocycles. The first-order valence-corrected chi connectivity index (χ1v) is 7.04. The summed E-state index contributed by atoms with van der Waals surface area (Å²) in [4.78, 5) is 11.6. The van der Waals surface area contributed by atoms with Gasteiger partial charge in [-0.2, -0.15) is 0 Å². The van der Waals surface area contributed by atoms with E-state index in [1.165, 1.54) is 6.08 Å². The van der Waals surface area contributed by atoms with Crippen LogP contribution >= 0.6 is 0 Å². The van der Waals surface area contributed by atoms with Gasteiger partial charge < -0.3 is 15.2 Å². The number of hydrogen-bond donors (Lipinski definition) is 2. The molecule has 4 nitrogen and oxygen atoms in total. The molecule has 2 N–H and O–H groups in total. The van der Waals surface area contributed by atoms with Crippen molar-refractivity contribution in [2.45, 2.75) is 25.9 Å². The fourth-order valence-electron chi connectivity index (χ4n) is 2.18. The Morgan fingerprint density at radius 3 is 2.70 bits per heavy atom. The van der Waals surface area contributed by atoms with E-state index in [0.717, 1.165) is 24.2 Å². The average molecular weight is 275 g/mol. The highest BCUT2D eigenvalue weighted by atomic mass is 16.5. The van der Waals surface area contributed by atoms with Crippen molar-refractivity contribution in [2.75, 3.05) is 13.2 Å². The monoisotopic (exact) mass is 275 g/mol. The topological polar surface area (TPSA) is 58.6 Å². The van der Waals surface area contributed by atoms with Crippen molar-refractivity contribution in [1.82, 2.24) is 5.32 Å². The minimum absolute atomic E-state index is 0.0970. The number of aliphatic hydroxyl groups is 1. The third-order valence-corrected chi connectivity index (χ3v) is 3.39. The lowest BCUT2D eigenvalue weighted by Gasteiger charge is -2.31. The number of aliphatic hydroxyl groups excluding tert-OH is 1. The predicted molar refractivity (Wildman–Crippen MR) is 78.4 cm³/mol. The van der Waals surface area contributed by atoms with Gasteiger partial charge in [0.05, 0.1) is 12.7 Å². The molecule has 1 fully saturated rings. The van der Waals surface area contributed by atoms with Crippen LogP contribution in [0, 0.1) is 5.92 Å². The van der Waals surface area contributed by atoms with Gasteiger partial charge in [-0.15, -0.1) is 0 Å². The minimum atomic E-state index is -0.170. The van der Waals surface area contributed by atoms with Gasteiger partial charge in [0.2, 0.25) is 5.91 Å². The number of carbonyl (C=O) groups is 1. The number of nitrogens with one attached hydrogen (secondary N) is 1. The van der Waals surface area contributed by atoms with Crippen LogP contribution in [0.5, 0.6) is 5.75 Å². The maximum Gasteiger partial charge on any atom is 0.244 e. The summed E-state index contributed by atoms with van der Waals surface area (Å²) in [5.74, 6) is 1.16. The first-order chi connectivity index (χ1) is 9.67. The summed E-state index contributed by atoms with van der Waals surface area (Å²) in [5.41, 5.74) is 0.961. The summed E-state index contributed by atoms with van der Waals surface area (Å²) in [6.07, 6.45) is 4.73. The van der Waals surface area contributed by atoms with E-state index in [4.69, 9.17) is 9.84 Å². The highest BCUT2D eigenvalue weighted by Gasteiger charge is 2.26. The Morgan fingerprint density at radius 2 is 2.10 bits per heavy atom. The number of amides is 1. The molecule has 0 aromatic heterocycles. The quantitative estimate of drug-likeness (QED) is 0.781. The molecular formula is C16H21NO3. The molecule has 0 atom stereocenters. The van der Waals surface area contributed by atoms with E-state index >= 15 is 0 Å². The van der Waals surface area contributed by atoms with Crippen LogP contribution in [-0.4, -0.2) is 30.3 Å². The molecule has 1 aromatic carbocycles. The van der Waals surface area contributed by atoms with Crippen LogP contribution in [0.2, 0.25) is 0 Å². The normalized spacial score (nSPS) is 21.5. The van der Waals surface area contributed by atoms with Crippen molar-refractivity contribution in [3.8, 4) is 5.75 Å². The molecule has 20 heavy (non-hydrogen) atoms. The van der Waals surface area contributed by atoms with E-state index in [2.05, 4.69) is 5.32 Å². The summed E-state index contributed by atoms with van der Waals surface area (Å²) in [5, 5.41) is 12.0. The molecule has 2 rings (SSSR count). The van der Waals surface area contributed by atoms with Gasteiger partial charge in [-0.1, -0.05) is 12.1 Å². The first-order valence-electron chi connectivity index (χ1n) is 7.04. The standard InChI is InChI=1S/C16H21NO3/c1-2-20-15-6-3-12(4-7-15)5-8-16(19)17-11-13-9-14(18)10-13/h3-8,13-14,18H,2,9-11H2,1H3,(H,17,19). The zero-order chi connectivity index (χ0) is 14.4. The van der Waals surface area contributed by atoms with Crippen molar-refractivity contribution in [3.63, 3.8) is 0 Å². The van der Waals surface area contributed by atoms with Crippen molar-refractivity contribution in [2.24, 2.45) is 5.92 Å². The number of rotatable bonds is 6. The fourth-order valence-corrected chi connectivity index (χ4v) is 2.18. The largest absolute Gasteiger partial charge is 0.494 e. The Kier molecular flexibility index (Phi) is 5.18. The van der Waals surface area contributed by atoms with E-state index < -0.39 is 0 Å². The van der Waals surface area contributed by atoms with E-state index in [-0.39, 0.29) is 12.0 Å². The van der Waals surface area contributed by atoms with Crippen molar-refractivity contribution < 1.29 is 14.6 Å². The molecule has 1 amide bonds. The third-order valence-electron chi connectivity index (χ3n) is 3.39. The molecule has 1 aromatic rings. The number of carbonyl (C=O) groups excluding carboxylic acids is 1. The summed E-state index contributed by atoms with van der Waals surface area (Å²) in [7, 11) is 0. The Labute approximate surface area is 119 Å². The molecule has 0 heterocycles. The van der Waals surface area contributed by atoms with Crippen molar-refractivity contribution in [3.05, 3.63) is 35.9 Å². The van der Waals surface area contributed by atoms with E-state index in [0.29, 0.717) is 19.1 Å². The molecule has 0 radical (unpaired) electrons. The zero-order valence-corrected chi connectivity index (χ0v) is 11.7. The van der Waals surface area contributed by atoms with Gasteiger partial charge in [0.1, 0.15) is 5.75 Å². The molecule has 0 saturated heterocycles. The summed E-state index contributed by atoms with van der Waals surface area (Å²) in [6, 6.07) is 7.60. The lowest BCUT2D eigenvalue weighted by Crippen LogP contribution is -2.37. The van der Waals surface area contributed by atoms with Gasteiger partial charge in [-0.3, -0.25) is 4.79 Å². The molecule has 1 aliphatic carbocycles. The second-order valence-electron chi connectivity index (χ2n) is 5.07. The molecule has 0 unspecified atom stereocenters. The Morgan fingerprint density at radius 1 is 1.40 bits per heavy atom.